The maximum absolute atomic E-state index is 12.3. The molecule has 1 heterocycles. The summed E-state index contributed by atoms with van der Waals surface area (Å²) in [4.78, 5) is 25.1. The molecule has 3 rings (SSSR count). The van der Waals surface area contributed by atoms with Crippen molar-refractivity contribution in [3.63, 3.8) is 0 Å². The topological polar surface area (TPSA) is 75.5 Å². The summed E-state index contributed by atoms with van der Waals surface area (Å²) in [7, 11) is 0. The van der Waals surface area contributed by atoms with Crippen molar-refractivity contribution in [1.29, 1.82) is 0 Å². The summed E-state index contributed by atoms with van der Waals surface area (Å²) in [6.07, 6.45) is 1.02. The number of aryl methyl sites for hydroxylation is 1. The number of carbonyl (C=O) groups excluding carboxylic acids is 1. The number of nitro groups is 1. The quantitative estimate of drug-likeness (QED) is 0.671. The number of carbonyl (C=O) groups is 1. The summed E-state index contributed by atoms with van der Waals surface area (Å²) >= 11 is 0. The largest absolute Gasteiger partial charge is 0.371 e. The lowest BCUT2D eigenvalue weighted by atomic mass is 10.1. The molecule has 1 saturated heterocycles. The standard InChI is InChI=1S/C19H21N3O3/c1-14-7-8-16(11-18(14)22(24)25)19(23)20-12-15-9-10-21(13-15)17-5-3-2-4-6-17/h2-8,11,15H,9-10,12-13H2,1H3,(H,20,23). The number of hydrogen-bond acceptors (Lipinski definition) is 4. The van der Waals surface area contributed by atoms with Crippen LogP contribution in [0.2, 0.25) is 0 Å². The van der Waals surface area contributed by atoms with Crippen molar-refractivity contribution in [2.24, 2.45) is 5.92 Å². The van der Waals surface area contributed by atoms with E-state index in [-0.39, 0.29) is 11.6 Å². The van der Waals surface area contributed by atoms with Gasteiger partial charge in [0.15, 0.2) is 0 Å². The number of hydrogen-bond donors (Lipinski definition) is 1. The second kappa shape index (κ2) is 7.34. The minimum absolute atomic E-state index is 0.0243. The molecular formula is C19H21N3O3. The summed E-state index contributed by atoms with van der Waals surface area (Å²) < 4.78 is 0. The summed E-state index contributed by atoms with van der Waals surface area (Å²) in [6, 6.07) is 14.8. The normalized spacial score (nSPS) is 16.7. The van der Waals surface area contributed by atoms with Gasteiger partial charge in [0.1, 0.15) is 0 Å². The molecule has 1 atom stereocenters. The molecule has 0 aliphatic carbocycles. The molecular weight excluding hydrogens is 318 g/mol. The molecule has 130 valence electrons. The molecule has 1 fully saturated rings. The van der Waals surface area contributed by atoms with Gasteiger partial charge in [0.05, 0.1) is 4.92 Å². The van der Waals surface area contributed by atoms with Crippen molar-refractivity contribution < 1.29 is 9.72 Å². The predicted molar refractivity (Wildman–Crippen MR) is 96.9 cm³/mol. The van der Waals surface area contributed by atoms with Crippen molar-refractivity contribution in [1.82, 2.24) is 5.32 Å². The van der Waals surface area contributed by atoms with Crippen LogP contribution < -0.4 is 10.2 Å². The first kappa shape index (κ1) is 17.0. The number of nitrogens with one attached hydrogen (secondary N) is 1. The molecule has 0 bridgehead atoms. The first-order valence-corrected chi connectivity index (χ1v) is 8.38. The molecule has 2 aromatic carbocycles. The summed E-state index contributed by atoms with van der Waals surface area (Å²) in [6.45, 7) is 4.11. The zero-order valence-corrected chi connectivity index (χ0v) is 14.1. The van der Waals surface area contributed by atoms with E-state index in [4.69, 9.17) is 0 Å². The number of rotatable bonds is 5. The lowest BCUT2D eigenvalue weighted by Gasteiger charge is -2.18. The Hall–Kier alpha value is -2.89. The van der Waals surface area contributed by atoms with Gasteiger partial charge in [-0.1, -0.05) is 24.3 Å². The Bertz CT molecular complexity index is 777. The Morgan fingerprint density at radius 2 is 2.04 bits per heavy atom. The third kappa shape index (κ3) is 3.96. The second-order valence-electron chi connectivity index (χ2n) is 6.40. The SMILES string of the molecule is Cc1ccc(C(=O)NCC2CCN(c3ccccc3)C2)cc1[N+](=O)[O-]. The van der Waals surface area contributed by atoms with E-state index in [0.717, 1.165) is 19.5 Å². The third-order valence-corrected chi connectivity index (χ3v) is 4.63. The highest BCUT2D eigenvalue weighted by molar-refractivity contribution is 5.95. The van der Waals surface area contributed by atoms with Crippen LogP contribution in [0.1, 0.15) is 22.3 Å². The number of benzene rings is 2. The van der Waals surface area contributed by atoms with Gasteiger partial charge in [-0.05, 0) is 37.5 Å². The fourth-order valence-electron chi connectivity index (χ4n) is 3.16. The van der Waals surface area contributed by atoms with E-state index in [9.17, 15) is 14.9 Å². The number of anilines is 1. The van der Waals surface area contributed by atoms with E-state index in [1.165, 1.54) is 11.8 Å². The highest BCUT2D eigenvalue weighted by Gasteiger charge is 2.23. The Morgan fingerprint density at radius 3 is 2.76 bits per heavy atom. The summed E-state index contributed by atoms with van der Waals surface area (Å²) in [5.41, 5.74) is 2.06. The van der Waals surface area contributed by atoms with Gasteiger partial charge in [-0.2, -0.15) is 0 Å². The van der Waals surface area contributed by atoms with Crippen LogP contribution in [-0.4, -0.2) is 30.5 Å². The van der Waals surface area contributed by atoms with E-state index >= 15 is 0 Å². The molecule has 6 nitrogen and oxygen atoms in total. The highest BCUT2D eigenvalue weighted by Crippen LogP contribution is 2.23. The Labute approximate surface area is 146 Å². The molecule has 1 unspecified atom stereocenters. The van der Waals surface area contributed by atoms with E-state index in [1.54, 1.807) is 19.1 Å². The van der Waals surface area contributed by atoms with E-state index < -0.39 is 4.92 Å². The lowest BCUT2D eigenvalue weighted by molar-refractivity contribution is -0.385. The van der Waals surface area contributed by atoms with Crippen molar-refractivity contribution in [3.8, 4) is 0 Å². The molecule has 1 amide bonds. The number of amides is 1. The lowest BCUT2D eigenvalue weighted by Crippen LogP contribution is -2.31. The zero-order valence-electron chi connectivity index (χ0n) is 14.1. The van der Waals surface area contributed by atoms with Crippen molar-refractivity contribution in [2.45, 2.75) is 13.3 Å². The van der Waals surface area contributed by atoms with Gasteiger partial charge in [-0.25, -0.2) is 0 Å². The molecule has 0 saturated carbocycles. The van der Waals surface area contributed by atoms with Crippen molar-refractivity contribution in [2.75, 3.05) is 24.5 Å². The van der Waals surface area contributed by atoms with Gasteiger partial charge in [0, 0.05) is 42.5 Å². The monoisotopic (exact) mass is 339 g/mol. The Balaban J connectivity index is 1.56. The average molecular weight is 339 g/mol. The molecule has 0 aromatic heterocycles. The first-order chi connectivity index (χ1) is 12.0. The van der Waals surface area contributed by atoms with Gasteiger partial charge in [0.2, 0.25) is 0 Å². The van der Waals surface area contributed by atoms with Crippen molar-refractivity contribution >= 4 is 17.3 Å². The van der Waals surface area contributed by atoms with E-state index in [0.29, 0.717) is 23.6 Å². The van der Waals surface area contributed by atoms with Gasteiger partial charge in [-0.15, -0.1) is 0 Å². The Morgan fingerprint density at radius 1 is 1.28 bits per heavy atom. The van der Waals surface area contributed by atoms with Gasteiger partial charge >= 0.3 is 0 Å². The average Bonchev–Trinajstić information content (AvgIpc) is 3.09. The van der Waals surface area contributed by atoms with Crippen LogP contribution in [0.15, 0.2) is 48.5 Å². The molecule has 6 heteroatoms. The van der Waals surface area contributed by atoms with Gasteiger partial charge < -0.3 is 10.2 Å². The summed E-state index contributed by atoms with van der Waals surface area (Å²) in [5, 5.41) is 13.9. The Kier molecular flexibility index (Phi) is 4.97. The van der Waals surface area contributed by atoms with Gasteiger partial charge in [-0.3, -0.25) is 14.9 Å². The maximum atomic E-state index is 12.3. The second-order valence-corrected chi connectivity index (χ2v) is 6.40. The fourth-order valence-corrected chi connectivity index (χ4v) is 3.16. The highest BCUT2D eigenvalue weighted by atomic mass is 16.6. The smallest absolute Gasteiger partial charge is 0.273 e. The van der Waals surface area contributed by atoms with Crippen LogP contribution in [0.25, 0.3) is 0 Å². The van der Waals surface area contributed by atoms with Crippen LogP contribution in [0, 0.1) is 23.0 Å². The first-order valence-electron chi connectivity index (χ1n) is 8.38. The van der Waals surface area contributed by atoms with Crippen LogP contribution in [0.4, 0.5) is 11.4 Å². The zero-order chi connectivity index (χ0) is 17.8. The molecule has 25 heavy (non-hydrogen) atoms. The number of para-hydroxylation sites is 1. The molecule has 1 N–H and O–H groups in total. The predicted octanol–water partition coefficient (Wildman–Crippen LogP) is 3.16. The molecule has 0 radical (unpaired) electrons. The number of nitrogens with zero attached hydrogens (tertiary/aromatic N) is 2. The van der Waals surface area contributed by atoms with E-state index in [1.807, 2.05) is 18.2 Å². The van der Waals surface area contributed by atoms with Crippen LogP contribution in [-0.2, 0) is 0 Å². The van der Waals surface area contributed by atoms with Gasteiger partial charge in [0.25, 0.3) is 11.6 Å². The molecule has 1 aliphatic rings. The maximum Gasteiger partial charge on any atom is 0.273 e. The van der Waals surface area contributed by atoms with E-state index in [2.05, 4.69) is 22.3 Å². The molecule has 2 aromatic rings. The number of nitro benzene ring substituents is 1. The van der Waals surface area contributed by atoms with Crippen molar-refractivity contribution in [3.05, 3.63) is 69.8 Å². The summed E-state index contributed by atoms with van der Waals surface area (Å²) in [5.74, 6) is 0.117. The molecule has 1 aliphatic heterocycles. The fraction of sp³-hybridized carbons (Fsp3) is 0.316. The van der Waals surface area contributed by atoms with Crippen LogP contribution >= 0.6 is 0 Å². The van der Waals surface area contributed by atoms with Crippen LogP contribution in [0.5, 0.6) is 0 Å². The molecule has 0 spiro atoms. The third-order valence-electron chi connectivity index (χ3n) is 4.63. The minimum Gasteiger partial charge on any atom is -0.371 e. The van der Waals surface area contributed by atoms with Crippen LogP contribution in [0.3, 0.4) is 0 Å². The minimum atomic E-state index is -0.458.